The van der Waals surface area contributed by atoms with Crippen molar-refractivity contribution < 1.29 is 4.74 Å². The van der Waals surface area contributed by atoms with Gasteiger partial charge in [0.1, 0.15) is 5.75 Å². The Morgan fingerprint density at radius 3 is 2.80 bits per heavy atom. The molecule has 0 N–H and O–H groups in total. The van der Waals surface area contributed by atoms with E-state index in [9.17, 15) is 0 Å². The molecule has 0 aliphatic rings. The summed E-state index contributed by atoms with van der Waals surface area (Å²) in [5.74, 6) is 1.16. The number of rotatable bonds is 2. The maximum atomic E-state index is 5.77. The van der Waals surface area contributed by atoms with Crippen molar-refractivity contribution in [2.24, 2.45) is 0 Å². The molecule has 76 valence electrons. The maximum absolute atomic E-state index is 5.77. The Hall–Kier alpha value is -1.61. The van der Waals surface area contributed by atoms with Gasteiger partial charge in [-0.05, 0) is 18.6 Å². The summed E-state index contributed by atoms with van der Waals surface area (Å²) in [6.07, 6.45) is 1.46. The fraction of sp³-hybridized carbons (Fsp3) is 0.0909. The van der Waals surface area contributed by atoms with E-state index >= 15 is 0 Å². The molecular weight excluding hydrogens is 212 g/mol. The van der Waals surface area contributed by atoms with Gasteiger partial charge in [0.15, 0.2) is 0 Å². The second kappa shape index (κ2) is 4.28. The van der Waals surface area contributed by atoms with Gasteiger partial charge in [0.2, 0.25) is 5.88 Å². The van der Waals surface area contributed by atoms with Gasteiger partial charge in [-0.2, -0.15) is 5.10 Å². The molecule has 1 heterocycles. The summed E-state index contributed by atoms with van der Waals surface area (Å²) in [6, 6.07) is 9.32. The zero-order valence-corrected chi connectivity index (χ0v) is 8.90. The molecule has 3 nitrogen and oxygen atoms in total. The van der Waals surface area contributed by atoms with E-state index in [1.807, 2.05) is 31.2 Å². The van der Waals surface area contributed by atoms with Crippen LogP contribution in [0, 0.1) is 6.92 Å². The van der Waals surface area contributed by atoms with Crippen LogP contribution < -0.4 is 4.74 Å². The highest BCUT2D eigenvalue weighted by Gasteiger charge is 2.02. The van der Waals surface area contributed by atoms with Crippen LogP contribution in [0.3, 0.4) is 0 Å². The van der Waals surface area contributed by atoms with Crippen LogP contribution in [-0.2, 0) is 0 Å². The number of nitrogens with zero attached hydrogens (tertiary/aromatic N) is 2. The van der Waals surface area contributed by atoms with Crippen molar-refractivity contribution in [2.75, 3.05) is 0 Å². The number of hydrogen-bond donors (Lipinski definition) is 0. The number of hydrogen-bond acceptors (Lipinski definition) is 3. The van der Waals surface area contributed by atoms with Crippen molar-refractivity contribution in [3.05, 3.63) is 47.1 Å². The van der Waals surface area contributed by atoms with Crippen LogP contribution in [0.4, 0.5) is 0 Å². The molecule has 0 amide bonds. The minimum Gasteiger partial charge on any atom is -0.437 e. The first kappa shape index (κ1) is 9.93. The third-order valence-corrected chi connectivity index (χ3v) is 2.11. The van der Waals surface area contributed by atoms with Crippen molar-refractivity contribution in [2.45, 2.75) is 6.92 Å². The predicted molar refractivity (Wildman–Crippen MR) is 58.3 cm³/mol. The number of aryl methyl sites for hydroxylation is 1. The van der Waals surface area contributed by atoms with Crippen molar-refractivity contribution in [1.82, 2.24) is 10.2 Å². The van der Waals surface area contributed by atoms with E-state index in [-0.39, 0.29) is 0 Å². The topological polar surface area (TPSA) is 35.0 Å². The number of benzene rings is 1. The third kappa shape index (κ3) is 2.44. The molecule has 0 fully saturated rings. The Balaban J connectivity index is 2.26. The summed E-state index contributed by atoms with van der Waals surface area (Å²) < 4.78 is 5.53. The molecule has 4 heteroatoms. The number of aromatic nitrogens is 2. The molecular formula is C11H9ClN2O. The molecule has 0 spiro atoms. The van der Waals surface area contributed by atoms with Gasteiger partial charge in [-0.1, -0.05) is 29.8 Å². The molecule has 0 aliphatic heterocycles. The molecule has 1 aromatic heterocycles. The van der Waals surface area contributed by atoms with Crippen LogP contribution in [-0.4, -0.2) is 10.2 Å². The van der Waals surface area contributed by atoms with Gasteiger partial charge in [-0.3, -0.25) is 0 Å². The fourth-order valence-electron chi connectivity index (χ4n) is 1.16. The van der Waals surface area contributed by atoms with E-state index in [0.29, 0.717) is 10.9 Å². The Morgan fingerprint density at radius 1 is 1.27 bits per heavy atom. The largest absolute Gasteiger partial charge is 0.437 e. The van der Waals surface area contributed by atoms with Crippen molar-refractivity contribution in [3.8, 4) is 11.6 Å². The molecule has 2 rings (SSSR count). The highest BCUT2D eigenvalue weighted by atomic mass is 35.5. The number of para-hydroxylation sites is 1. The van der Waals surface area contributed by atoms with E-state index in [1.165, 1.54) is 6.20 Å². The summed E-state index contributed by atoms with van der Waals surface area (Å²) in [4.78, 5) is 0. The first-order valence-corrected chi connectivity index (χ1v) is 4.85. The SMILES string of the molecule is Cc1ccccc1Oc1cc(Cl)cnn1. The molecule has 0 saturated heterocycles. The van der Waals surface area contributed by atoms with Crippen LogP contribution in [0.1, 0.15) is 5.56 Å². The molecule has 0 unspecified atom stereocenters. The molecule has 0 bridgehead atoms. The Kier molecular flexibility index (Phi) is 2.83. The second-order valence-corrected chi connectivity index (χ2v) is 3.52. The lowest BCUT2D eigenvalue weighted by Crippen LogP contribution is -1.91. The van der Waals surface area contributed by atoms with E-state index in [4.69, 9.17) is 16.3 Å². The lowest BCUT2D eigenvalue weighted by atomic mass is 10.2. The first-order chi connectivity index (χ1) is 7.25. The van der Waals surface area contributed by atoms with Gasteiger partial charge in [0.25, 0.3) is 0 Å². The predicted octanol–water partition coefficient (Wildman–Crippen LogP) is 3.23. The molecule has 0 saturated carbocycles. The molecule has 1 aromatic carbocycles. The quantitative estimate of drug-likeness (QED) is 0.780. The Labute approximate surface area is 92.7 Å². The summed E-state index contributed by atoms with van der Waals surface area (Å²) in [5, 5.41) is 8.03. The van der Waals surface area contributed by atoms with Gasteiger partial charge < -0.3 is 4.74 Å². The first-order valence-electron chi connectivity index (χ1n) is 4.47. The highest BCUT2D eigenvalue weighted by Crippen LogP contribution is 2.23. The Bertz CT molecular complexity index is 474. The van der Waals surface area contributed by atoms with Gasteiger partial charge in [0.05, 0.1) is 11.2 Å². The average molecular weight is 221 g/mol. The van der Waals surface area contributed by atoms with Gasteiger partial charge in [-0.15, -0.1) is 5.10 Å². The van der Waals surface area contributed by atoms with Crippen LogP contribution in [0.15, 0.2) is 36.5 Å². The Morgan fingerprint density at radius 2 is 2.07 bits per heavy atom. The van der Waals surface area contributed by atoms with E-state index in [2.05, 4.69) is 10.2 Å². The van der Waals surface area contributed by atoms with Crippen LogP contribution in [0.2, 0.25) is 5.02 Å². The minimum absolute atomic E-state index is 0.400. The smallest absolute Gasteiger partial charge is 0.240 e. The van der Waals surface area contributed by atoms with Crippen molar-refractivity contribution in [1.29, 1.82) is 0 Å². The zero-order chi connectivity index (χ0) is 10.7. The zero-order valence-electron chi connectivity index (χ0n) is 8.14. The monoisotopic (exact) mass is 220 g/mol. The van der Waals surface area contributed by atoms with E-state index in [1.54, 1.807) is 6.07 Å². The number of halogens is 1. The summed E-state index contributed by atoms with van der Waals surface area (Å²) in [5.41, 5.74) is 1.04. The summed E-state index contributed by atoms with van der Waals surface area (Å²) in [6.45, 7) is 1.97. The van der Waals surface area contributed by atoms with Crippen LogP contribution >= 0.6 is 11.6 Å². The van der Waals surface area contributed by atoms with Gasteiger partial charge in [-0.25, -0.2) is 0 Å². The van der Waals surface area contributed by atoms with Gasteiger partial charge >= 0.3 is 0 Å². The number of ether oxygens (including phenoxy) is 1. The minimum atomic E-state index is 0.400. The molecule has 0 atom stereocenters. The van der Waals surface area contributed by atoms with E-state index < -0.39 is 0 Å². The third-order valence-electron chi connectivity index (χ3n) is 1.91. The standard InChI is InChI=1S/C11H9ClN2O/c1-8-4-2-3-5-10(8)15-11-6-9(12)7-13-14-11/h2-7H,1H3. The van der Waals surface area contributed by atoms with Crippen LogP contribution in [0.5, 0.6) is 11.6 Å². The lowest BCUT2D eigenvalue weighted by molar-refractivity contribution is 0.452. The van der Waals surface area contributed by atoms with Crippen molar-refractivity contribution in [3.63, 3.8) is 0 Å². The second-order valence-electron chi connectivity index (χ2n) is 3.08. The molecule has 0 aliphatic carbocycles. The van der Waals surface area contributed by atoms with Crippen LogP contribution in [0.25, 0.3) is 0 Å². The molecule has 0 radical (unpaired) electrons. The van der Waals surface area contributed by atoms with Gasteiger partial charge in [0, 0.05) is 6.07 Å². The lowest BCUT2D eigenvalue weighted by Gasteiger charge is -2.06. The van der Waals surface area contributed by atoms with Crippen molar-refractivity contribution >= 4 is 11.6 Å². The molecule has 2 aromatic rings. The summed E-state index contributed by atoms with van der Waals surface area (Å²) in [7, 11) is 0. The maximum Gasteiger partial charge on any atom is 0.240 e. The molecule has 15 heavy (non-hydrogen) atoms. The summed E-state index contributed by atoms with van der Waals surface area (Å²) >= 11 is 5.77. The fourth-order valence-corrected chi connectivity index (χ4v) is 1.30. The van der Waals surface area contributed by atoms with E-state index in [0.717, 1.165) is 11.3 Å². The normalized spacial score (nSPS) is 10.0. The average Bonchev–Trinajstić information content (AvgIpc) is 2.22. The highest BCUT2D eigenvalue weighted by molar-refractivity contribution is 6.30.